The van der Waals surface area contributed by atoms with E-state index in [1.165, 1.54) is 50.6 Å². The number of ether oxygens (including phenoxy) is 2. The minimum absolute atomic E-state index is 0.0977. The van der Waals surface area contributed by atoms with Gasteiger partial charge in [0.2, 0.25) is 0 Å². The lowest BCUT2D eigenvalue weighted by Crippen LogP contribution is -2.32. The minimum Gasteiger partial charge on any atom is -0.465 e. The SMILES string of the molecule is COC(=O)c1ccc(NC2=C(Cl)C(=O)N(c3ccc(C(=O)OC)cc3)C2=O)cc1. The van der Waals surface area contributed by atoms with Crippen LogP contribution in [0.3, 0.4) is 0 Å². The van der Waals surface area contributed by atoms with Gasteiger partial charge in [0.05, 0.1) is 31.0 Å². The largest absolute Gasteiger partial charge is 0.465 e. The average molecular weight is 415 g/mol. The zero-order valence-electron chi connectivity index (χ0n) is 15.4. The smallest absolute Gasteiger partial charge is 0.337 e. The normalized spacial score (nSPS) is 13.6. The lowest BCUT2D eigenvalue weighted by molar-refractivity contribution is -0.120. The summed E-state index contributed by atoms with van der Waals surface area (Å²) in [5, 5.41) is 2.53. The van der Waals surface area contributed by atoms with E-state index in [1.807, 2.05) is 0 Å². The Bertz CT molecular complexity index is 1030. The number of hydrogen-bond donors (Lipinski definition) is 1. The number of esters is 2. The molecule has 1 heterocycles. The predicted molar refractivity (Wildman–Crippen MR) is 105 cm³/mol. The fraction of sp³-hybridized carbons (Fsp3) is 0.100. The number of carbonyl (C=O) groups is 4. The first-order chi connectivity index (χ1) is 13.9. The maximum absolute atomic E-state index is 12.8. The van der Waals surface area contributed by atoms with Gasteiger partial charge in [-0.2, -0.15) is 0 Å². The fourth-order valence-electron chi connectivity index (χ4n) is 2.66. The molecule has 0 saturated heterocycles. The van der Waals surface area contributed by atoms with Gasteiger partial charge in [0.25, 0.3) is 11.8 Å². The highest BCUT2D eigenvalue weighted by Gasteiger charge is 2.39. The van der Waals surface area contributed by atoms with Crippen LogP contribution in [0, 0.1) is 0 Å². The van der Waals surface area contributed by atoms with E-state index in [4.69, 9.17) is 11.6 Å². The summed E-state index contributed by atoms with van der Waals surface area (Å²) in [6.07, 6.45) is 0. The van der Waals surface area contributed by atoms with Crippen molar-refractivity contribution in [2.45, 2.75) is 0 Å². The van der Waals surface area contributed by atoms with Crippen molar-refractivity contribution in [1.29, 1.82) is 0 Å². The van der Waals surface area contributed by atoms with Crippen LogP contribution in [0.15, 0.2) is 59.3 Å². The Morgan fingerprint density at radius 1 is 0.828 bits per heavy atom. The topological polar surface area (TPSA) is 102 Å². The molecule has 1 N–H and O–H groups in total. The standard InChI is InChI=1S/C20H15ClN2O6/c1-28-19(26)11-3-7-13(8-4-11)22-16-15(21)17(24)23(18(16)25)14-9-5-12(6-10-14)20(27)29-2/h3-10,22H,1-2H3. The van der Waals surface area contributed by atoms with Crippen molar-refractivity contribution in [3.8, 4) is 0 Å². The molecule has 3 rings (SSSR count). The Balaban J connectivity index is 1.81. The van der Waals surface area contributed by atoms with Gasteiger partial charge in [-0.15, -0.1) is 0 Å². The summed E-state index contributed by atoms with van der Waals surface area (Å²) in [7, 11) is 2.53. The van der Waals surface area contributed by atoms with Gasteiger partial charge in [-0.25, -0.2) is 14.5 Å². The zero-order chi connectivity index (χ0) is 21.1. The van der Waals surface area contributed by atoms with Crippen LogP contribution >= 0.6 is 11.6 Å². The number of anilines is 2. The second-order valence-electron chi connectivity index (χ2n) is 5.87. The van der Waals surface area contributed by atoms with E-state index >= 15 is 0 Å². The van der Waals surface area contributed by atoms with Crippen LogP contribution in [0.5, 0.6) is 0 Å². The molecule has 0 saturated carbocycles. The van der Waals surface area contributed by atoms with Gasteiger partial charge < -0.3 is 14.8 Å². The molecule has 2 aromatic carbocycles. The van der Waals surface area contributed by atoms with Gasteiger partial charge >= 0.3 is 11.9 Å². The number of amides is 2. The number of carbonyl (C=O) groups excluding carboxylic acids is 4. The highest BCUT2D eigenvalue weighted by atomic mass is 35.5. The molecular weight excluding hydrogens is 400 g/mol. The quantitative estimate of drug-likeness (QED) is 0.592. The van der Waals surface area contributed by atoms with Crippen molar-refractivity contribution in [2.75, 3.05) is 24.4 Å². The summed E-state index contributed by atoms with van der Waals surface area (Å²) < 4.78 is 9.25. The van der Waals surface area contributed by atoms with E-state index in [-0.39, 0.29) is 22.0 Å². The van der Waals surface area contributed by atoms with Gasteiger partial charge in [0, 0.05) is 5.69 Å². The van der Waals surface area contributed by atoms with E-state index in [2.05, 4.69) is 14.8 Å². The summed E-state index contributed by atoms with van der Waals surface area (Å²) in [5.41, 5.74) is 1.22. The summed E-state index contributed by atoms with van der Waals surface area (Å²) in [6, 6.07) is 11.9. The molecule has 0 aliphatic carbocycles. The lowest BCUT2D eigenvalue weighted by Gasteiger charge is -2.15. The summed E-state index contributed by atoms with van der Waals surface area (Å²) in [6.45, 7) is 0. The number of nitrogens with zero attached hydrogens (tertiary/aromatic N) is 1. The molecule has 1 aliphatic heterocycles. The van der Waals surface area contributed by atoms with Crippen LogP contribution in [-0.2, 0) is 19.1 Å². The molecule has 9 heteroatoms. The van der Waals surface area contributed by atoms with E-state index in [0.717, 1.165) is 4.90 Å². The Hall–Kier alpha value is -3.65. The second-order valence-corrected chi connectivity index (χ2v) is 6.25. The summed E-state index contributed by atoms with van der Waals surface area (Å²) in [5.74, 6) is -2.38. The maximum Gasteiger partial charge on any atom is 0.337 e. The van der Waals surface area contributed by atoms with Crippen molar-refractivity contribution in [1.82, 2.24) is 0 Å². The molecule has 1 aliphatic rings. The predicted octanol–water partition coefficient (Wildman–Crippen LogP) is 2.70. The molecular formula is C20H15ClN2O6. The number of halogens is 1. The second kappa shape index (κ2) is 8.15. The average Bonchev–Trinajstić information content (AvgIpc) is 2.96. The number of nitrogens with one attached hydrogen (secondary N) is 1. The number of benzene rings is 2. The fourth-order valence-corrected chi connectivity index (χ4v) is 2.87. The molecule has 0 spiro atoms. The van der Waals surface area contributed by atoms with Crippen molar-refractivity contribution >= 4 is 46.7 Å². The van der Waals surface area contributed by atoms with Gasteiger partial charge in [0.15, 0.2) is 0 Å². The third-order valence-corrected chi connectivity index (χ3v) is 4.50. The van der Waals surface area contributed by atoms with Crippen LogP contribution in [0.1, 0.15) is 20.7 Å². The molecule has 2 amide bonds. The first-order valence-corrected chi connectivity index (χ1v) is 8.67. The Morgan fingerprint density at radius 3 is 1.79 bits per heavy atom. The van der Waals surface area contributed by atoms with E-state index in [9.17, 15) is 19.2 Å². The van der Waals surface area contributed by atoms with Gasteiger partial charge in [-0.3, -0.25) is 9.59 Å². The third kappa shape index (κ3) is 3.83. The van der Waals surface area contributed by atoms with Crippen molar-refractivity contribution in [2.24, 2.45) is 0 Å². The number of rotatable bonds is 5. The van der Waals surface area contributed by atoms with Gasteiger partial charge in [0.1, 0.15) is 10.7 Å². The molecule has 8 nitrogen and oxygen atoms in total. The molecule has 0 fully saturated rings. The van der Waals surface area contributed by atoms with Crippen molar-refractivity contribution in [3.63, 3.8) is 0 Å². The van der Waals surface area contributed by atoms with E-state index in [0.29, 0.717) is 11.3 Å². The monoisotopic (exact) mass is 414 g/mol. The number of methoxy groups -OCH3 is 2. The van der Waals surface area contributed by atoms with Crippen LogP contribution in [0.2, 0.25) is 0 Å². The Kier molecular flexibility index (Phi) is 5.65. The van der Waals surface area contributed by atoms with Crippen LogP contribution < -0.4 is 10.2 Å². The molecule has 148 valence electrons. The summed E-state index contributed by atoms with van der Waals surface area (Å²) in [4.78, 5) is 49.2. The van der Waals surface area contributed by atoms with E-state index < -0.39 is 23.8 Å². The van der Waals surface area contributed by atoms with Crippen LogP contribution in [0.4, 0.5) is 11.4 Å². The first kappa shape index (κ1) is 20.1. The zero-order valence-corrected chi connectivity index (χ0v) is 16.1. The molecule has 0 unspecified atom stereocenters. The molecule has 0 radical (unpaired) electrons. The van der Waals surface area contributed by atoms with Crippen molar-refractivity contribution in [3.05, 3.63) is 70.4 Å². The number of hydrogen-bond acceptors (Lipinski definition) is 7. The number of imide groups is 1. The van der Waals surface area contributed by atoms with Crippen LogP contribution in [0.25, 0.3) is 0 Å². The maximum atomic E-state index is 12.8. The highest BCUT2D eigenvalue weighted by molar-refractivity contribution is 6.53. The third-order valence-electron chi connectivity index (χ3n) is 4.15. The Morgan fingerprint density at radius 2 is 1.31 bits per heavy atom. The molecule has 0 atom stereocenters. The molecule has 2 aromatic rings. The highest BCUT2D eigenvalue weighted by Crippen LogP contribution is 2.30. The van der Waals surface area contributed by atoms with Crippen molar-refractivity contribution < 1.29 is 28.7 Å². The Labute approximate surface area is 170 Å². The van der Waals surface area contributed by atoms with E-state index in [1.54, 1.807) is 12.1 Å². The van der Waals surface area contributed by atoms with Gasteiger partial charge in [-0.1, -0.05) is 11.6 Å². The van der Waals surface area contributed by atoms with Crippen LogP contribution in [-0.4, -0.2) is 38.0 Å². The molecule has 29 heavy (non-hydrogen) atoms. The lowest BCUT2D eigenvalue weighted by atomic mass is 10.2. The van der Waals surface area contributed by atoms with Gasteiger partial charge in [-0.05, 0) is 48.5 Å². The minimum atomic E-state index is -0.698. The summed E-state index contributed by atoms with van der Waals surface area (Å²) >= 11 is 6.08. The first-order valence-electron chi connectivity index (χ1n) is 8.29. The molecule has 0 aromatic heterocycles. The molecule has 0 bridgehead atoms.